The number of likely N-dealkylation sites (tertiary alicyclic amines) is 1. The summed E-state index contributed by atoms with van der Waals surface area (Å²) in [6.07, 6.45) is -2.05. The van der Waals surface area contributed by atoms with Crippen molar-refractivity contribution in [1.29, 1.82) is 0 Å². The monoisotopic (exact) mass is 450 g/mol. The molecule has 31 heavy (non-hydrogen) atoms. The van der Waals surface area contributed by atoms with Crippen molar-refractivity contribution in [3.8, 4) is 11.3 Å². The van der Waals surface area contributed by atoms with E-state index in [9.17, 15) is 14.7 Å². The zero-order valence-electron chi connectivity index (χ0n) is 18.2. The van der Waals surface area contributed by atoms with Gasteiger partial charge in [-0.1, -0.05) is 41.1 Å². The number of aliphatic hydroxyl groups is 1. The van der Waals surface area contributed by atoms with Crippen molar-refractivity contribution in [1.82, 2.24) is 19.9 Å². The number of hydrogen-bond donors (Lipinski definition) is 1. The number of carbonyl (C=O) groups excluding carboxylic acids is 2. The second-order valence-electron chi connectivity index (χ2n) is 8.59. The zero-order chi connectivity index (χ0) is 22.9. The summed E-state index contributed by atoms with van der Waals surface area (Å²) in [5, 5.41) is 18.9. The summed E-state index contributed by atoms with van der Waals surface area (Å²) in [5.41, 5.74) is 1.56. The third kappa shape index (κ3) is 5.34. The number of benzene rings is 1. The van der Waals surface area contributed by atoms with E-state index >= 15 is 0 Å². The molecule has 1 aromatic carbocycles. The van der Waals surface area contributed by atoms with E-state index in [1.54, 1.807) is 27.8 Å². The molecule has 0 spiro atoms. The fourth-order valence-electron chi connectivity index (χ4n) is 3.54. The van der Waals surface area contributed by atoms with Crippen LogP contribution >= 0.6 is 11.6 Å². The van der Waals surface area contributed by atoms with Crippen LogP contribution in [0.1, 0.15) is 33.3 Å². The Morgan fingerprint density at radius 2 is 1.90 bits per heavy atom. The minimum atomic E-state index is -1.00. The van der Waals surface area contributed by atoms with Crippen LogP contribution in [0.4, 0.5) is 4.79 Å². The highest BCUT2D eigenvalue weighted by Gasteiger charge is 2.46. The largest absolute Gasteiger partial charge is 0.457 e. The van der Waals surface area contributed by atoms with Gasteiger partial charge in [0, 0.05) is 19.5 Å². The first-order chi connectivity index (χ1) is 14.5. The number of aliphatic hydroxyl groups excluding tert-OH is 1. The first-order valence-electron chi connectivity index (χ1n) is 9.95. The van der Waals surface area contributed by atoms with Crippen molar-refractivity contribution in [3.63, 3.8) is 0 Å². The van der Waals surface area contributed by atoms with Gasteiger partial charge < -0.3 is 14.6 Å². The average molecular weight is 451 g/mol. The number of hydrogen-bond acceptors (Lipinski definition) is 7. The van der Waals surface area contributed by atoms with Gasteiger partial charge >= 0.3 is 12.1 Å². The maximum atomic E-state index is 12.7. The Kier molecular flexibility index (Phi) is 6.56. The summed E-state index contributed by atoms with van der Waals surface area (Å²) in [7, 11) is 1.71. The minimum absolute atomic E-state index is 0.0187. The summed E-state index contributed by atoms with van der Waals surface area (Å²) in [6, 6.07) is 6.90. The fourth-order valence-corrected chi connectivity index (χ4v) is 3.72. The Morgan fingerprint density at radius 3 is 2.42 bits per heavy atom. The molecule has 3 atom stereocenters. The Labute approximate surface area is 185 Å². The van der Waals surface area contributed by atoms with Gasteiger partial charge in [-0.25, -0.2) is 9.48 Å². The highest BCUT2D eigenvalue weighted by Crippen LogP contribution is 2.29. The molecule has 2 aromatic rings. The van der Waals surface area contributed by atoms with Gasteiger partial charge in [0.2, 0.25) is 0 Å². The van der Waals surface area contributed by atoms with Gasteiger partial charge in [0.1, 0.15) is 23.5 Å². The molecule has 1 N–H and O–H groups in total. The molecule has 1 aliphatic rings. The lowest BCUT2D eigenvalue weighted by atomic mass is 9.99. The van der Waals surface area contributed by atoms with Crippen molar-refractivity contribution in [2.45, 2.75) is 58.0 Å². The molecule has 1 saturated heterocycles. The van der Waals surface area contributed by atoms with Gasteiger partial charge in [0.05, 0.1) is 12.6 Å². The van der Waals surface area contributed by atoms with Crippen LogP contribution in [-0.4, -0.2) is 67.5 Å². The van der Waals surface area contributed by atoms with E-state index in [0.717, 1.165) is 11.1 Å². The number of aromatic nitrogens is 3. The van der Waals surface area contributed by atoms with Gasteiger partial charge in [0.25, 0.3) is 0 Å². The maximum Gasteiger partial charge on any atom is 0.410 e. The molecule has 10 heteroatoms. The molecule has 0 bridgehead atoms. The number of amides is 1. The quantitative estimate of drug-likeness (QED) is 0.713. The highest BCUT2D eigenvalue weighted by molar-refractivity contribution is 6.31. The van der Waals surface area contributed by atoms with Crippen molar-refractivity contribution in [2.75, 3.05) is 6.54 Å². The Morgan fingerprint density at radius 1 is 1.26 bits per heavy atom. The standard InChI is InChI=1S/C21H27ClN4O5/c1-12(27)30-18-15(26(11-16(18)28)20(29)31-21(2,3)4)10-13-6-8-14(9-7-13)17-19(22)25(5)24-23-17/h6-9,15-16,18,28H,10-11H2,1-5H3/t15-,16+,18+/m1/s1. The fraction of sp³-hybridized carbons (Fsp3) is 0.524. The molecule has 0 saturated carbocycles. The third-order valence-electron chi connectivity index (χ3n) is 4.90. The van der Waals surface area contributed by atoms with E-state index in [4.69, 9.17) is 21.1 Å². The lowest BCUT2D eigenvalue weighted by Crippen LogP contribution is -2.45. The first-order valence-corrected chi connectivity index (χ1v) is 10.3. The van der Waals surface area contributed by atoms with E-state index in [-0.39, 0.29) is 6.54 Å². The number of β-amino-alcohol motifs (C(OH)–C–C–N with tert-alkyl or cyclic N) is 1. The molecule has 9 nitrogen and oxygen atoms in total. The topological polar surface area (TPSA) is 107 Å². The van der Waals surface area contributed by atoms with Crippen LogP contribution in [0, 0.1) is 0 Å². The maximum absolute atomic E-state index is 12.7. The Hall–Kier alpha value is -2.65. The molecular weight excluding hydrogens is 424 g/mol. The van der Waals surface area contributed by atoms with E-state index in [1.807, 2.05) is 24.3 Å². The van der Waals surface area contributed by atoms with Gasteiger partial charge in [0.15, 0.2) is 5.15 Å². The molecule has 0 radical (unpaired) electrons. The van der Waals surface area contributed by atoms with Crippen molar-refractivity contribution in [2.24, 2.45) is 7.05 Å². The van der Waals surface area contributed by atoms with E-state index < -0.39 is 35.9 Å². The predicted molar refractivity (Wildman–Crippen MR) is 113 cm³/mol. The van der Waals surface area contributed by atoms with E-state index in [0.29, 0.717) is 17.3 Å². The number of carbonyl (C=O) groups is 2. The summed E-state index contributed by atoms with van der Waals surface area (Å²) in [6.45, 7) is 6.61. The van der Waals surface area contributed by atoms with Crippen LogP contribution in [0.3, 0.4) is 0 Å². The first kappa shape index (κ1) is 23.0. The Bertz CT molecular complexity index is 954. The molecule has 168 valence electrons. The second kappa shape index (κ2) is 8.84. The number of halogens is 1. The van der Waals surface area contributed by atoms with E-state index in [1.165, 1.54) is 16.5 Å². The van der Waals surface area contributed by atoms with Gasteiger partial charge in [-0.15, -0.1) is 5.10 Å². The smallest absolute Gasteiger partial charge is 0.410 e. The van der Waals surface area contributed by atoms with Crippen molar-refractivity contribution in [3.05, 3.63) is 35.0 Å². The lowest BCUT2D eigenvalue weighted by molar-refractivity contribution is -0.151. The number of nitrogens with zero attached hydrogens (tertiary/aromatic N) is 4. The average Bonchev–Trinajstić information content (AvgIpc) is 3.15. The molecule has 3 rings (SSSR count). The molecule has 0 unspecified atom stereocenters. The van der Waals surface area contributed by atoms with Crippen LogP contribution in [0.2, 0.25) is 5.15 Å². The number of ether oxygens (including phenoxy) is 2. The molecular formula is C21H27ClN4O5. The number of esters is 1. The zero-order valence-corrected chi connectivity index (χ0v) is 19.0. The molecule has 0 aliphatic carbocycles. The summed E-state index contributed by atoms with van der Waals surface area (Å²) in [4.78, 5) is 25.8. The van der Waals surface area contributed by atoms with E-state index in [2.05, 4.69) is 10.3 Å². The third-order valence-corrected chi connectivity index (χ3v) is 5.33. The van der Waals surface area contributed by atoms with Gasteiger partial charge in [-0.3, -0.25) is 9.69 Å². The van der Waals surface area contributed by atoms with Crippen LogP contribution < -0.4 is 0 Å². The summed E-state index contributed by atoms with van der Waals surface area (Å²) >= 11 is 6.21. The molecule has 1 fully saturated rings. The van der Waals surface area contributed by atoms with Crippen LogP contribution in [0.5, 0.6) is 0 Å². The van der Waals surface area contributed by atoms with Gasteiger partial charge in [-0.05, 0) is 32.8 Å². The minimum Gasteiger partial charge on any atom is -0.457 e. The van der Waals surface area contributed by atoms with Crippen LogP contribution in [0.25, 0.3) is 11.3 Å². The summed E-state index contributed by atoms with van der Waals surface area (Å²) < 4.78 is 12.3. The van der Waals surface area contributed by atoms with Crippen LogP contribution in [-0.2, 0) is 27.7 Å². The van der Waals surface area contributed by atoms with Crippen molar-refractivity contribution < 1.29 is 24.2 Å². The highest BCUT2D eigenvalue weighted by atomic mass is 35.5. The number of rotatable bonds is 4. The Balaban J connectivity index is 1.84. The summed E-state index contributed by atoms with van der Waals surface area (Å²) in [5.74, 6) is -0.521. The normalized spacial score (nSPS) is 21.3. The molecule has 1 aliphatic heterocycles. The number of aryl methyl sites for hydroxylation is 1. The van der Waals surface area contributed by atoms with Crippen molar-refractivity contribution >= 4 is 23.7 Å². The van der Waals surface area contributed by atoms with Gasteiger partial charge in [-0.2, -0.15) is 0 Å². The predicted octanol–water partition coefficient (Wildman–Crippen LogP) is 2.59. The van der Waals surface area contributed by atoms with Crippen LogP contribution in [0.15, 0.2) is 24.3 Å². The molecule has 2 heterocycles. The SMILES string of the molecule is CC(=O)O[C@H]1[C@@H](Cc2ccc(-c3nnn(C)c3Cl)cc2)N(C(=O)OC(C)(C)C)C[C@@H]1O. The molecule has 1 amide bonds. The second-order valence-corrected chi connectivity index (χ2v) is 8.95. The molecule has 1 aromatic heterocycles. The lowest BCUT2D eigenvalue weighted by Gasteiger charge is -2.30.